The molecule has 1 unspecified atom stereocenters. The standard InChI is InChI=1S/C29H36N2O4S2/c1-5-16-30(37(33,34)25-12-6-22(4)7-13-25)19-29(32)31-17-14-28-26(15-18-36-28)27(31)20-35-24-10-8-23(9-11-24)21(2)3/h6-13,15,18,21,27H,5,14,16-17,19-20H2,1-4H3. The summed E-state index contributed by atoms with van der Waals surface area (Å²) in [7, 11) is -3.79. The Morgan fingerprint density at radius 2 is 1.81 bits per heavy atom. The summed E-state index contributed by atoms with van der Waals surface area (Å²) in [5, 5.41) is 2.05. The third kappa shape index (κ3) is 6.25. The van der Waals surface area contributed by atoms with Crippen molar-refractivity contribution in [3.8, 4) is 5.75 Å². The lowest BCUT2D eigenvalue weighted by molar-refractivity contribution is -0.135. The van der Waals surface area contributed by atoms with E-state index in [-0.39, 0.29) is 29.9 Å². The molecule has 0 bridgehead atoms. The third-order valence-electron chi connectivity index (χ3n) is 6.81. The van der Waals surface area contributed by atoms with E-state index in [0.29, 0.717) is 25.5 Å². The van der Waals surface area contributed by atoms with Gasteiger partial charge in [-0.3, -0.25) is 4.79 Å². The highest BCUT2D eigenvalue weighted by molar-refractivity contribution is 7.89. The molecule has 198 valence electrons. The number of rotatable bonds is 10. The number of thiophene rings is 1. The number of benzene rings is 2. The van der Waals surface area contributed by atoms with Crippen molar-refractivity contribution in [3.63, 3.8) is 0 Å². The Hall–Kier alpha value is -2.68. The predicted octanol–water partition coefficient (Wildman–Crippen LogP) is 5.79. The molecule has 0 N–H and O–H groups in total. The van der Waals surface area contributed by atoms with E-state index in [9.17, 15) is 13.2 Å². The summed E-state index contributed by atoms with van der Waals surface area (Å²) in [6, 6.07) is 16.6. The van der Waals surface area contributed by atoms with Gasteiger partial charge in [-0.25, -0.2) is 8.42 Å². The van der Waals surface area contributed by atoms with Crippen LogP contribution in [0.1, 0.15) is 60.7 Å². The van der Waals surface area contributed by atoms with Crippen molar-refractivity contribution in [1.82, 2.24) is 9.21 Å². The Morgan fingerprint density at radius 3 is 2.46 bits per heavy atom. The smallest absolute Gasteiger partial charge is 0.243 e. The van der Waals surface area contributed by atoms with Gasteiger partial charge in [0.1, 0.15) is 12.4 Å². The Balaban J connectivity index is 1.53. The summed E-state index contributed by atoms with van der Waals surface area (Å²) in [5.41, 5.74) is 3.32. The summed E-state index contributed by atoms with van der Waals surface area (Å²) in [6.07, 6.45) is 1.38. The molecule has 0 fully saturated rings. The zero-order valence-electron chi connectivity index (χ0n) is 22.0. The molecular weight excluding hydrogens is 504 g/mol. The van der Waals surface area contributed by atoms with Gasteiger partial charge in [0.25, 0.3) is 0 Å². The van der Waals surface area contributed by atoms with E-state index in [1.807, 2.05) is 31.4 Å². The molecule has 0 spiro atoms. The van der Waals surface area contributed by atoms with Crippen LogP contribution in [0.4, 0.5) is 0 Å². The Morgan fingerprint density at radius 1 is 1.11 bits per heavy atom. The number of hydrogen-bond donors (Lipinski definition) is 0. The first-order valence-corrected chi connectivity index (χ1v) is 15.2. The molecule has 1 atom stereocenters. The minimum atomic E-state index is -3.79. The molecule has 2 aromatic carbocycles. The van der Waals surface area contributed by atoms with E-state index in [2.05, 4.69) is 32.0 Å². The van der Waals surface area contributed by atoms with Crippen molar-refractivity contribution in [2.45, 2.75) is 57.4 Å². The molecule has 3 aromatic rings. The van der Waals surface area contributed by atoms with Crippen molar-refractivity contribution in [3.05, 3.63) is 81.5 Å². The van der Waals surface area contributed by atoms with E-state index in [4.69, 9.17) is 4.74 Å². The fraction of sp³-hybridized carbons (Fsp3) is 0.414. The molecular formula is C29H36N2O4S2. The summed E-state index contributed by atoms with van der Waals surface area (Å²) in [6.45, 7) is 9.08. The van der Waals surface area contributed by atoms with Crippen molar-refractivity contribution in [2.24, 2.45) is 0 Å². The van der Waals surface area contributed by atoms with E-state index in [1.54, 1.807) is 40.5 Å². The van der Waals surface area contributed by atoms with E-state index in [0.717, 1.165) is 23.3 Å². The number of aryl methyl sites for hydroxylation is 1. The third-order valence-corrected chi connectivity index (χ3v) is 9.67. The van der Waals surface area contributed by atoms with Gasteiger partial charge < -0.3 is 9.64 Å². The maximum absolute atomic E-state index is 13.7. The van der Waals surface area contributed by atoms with Crippen LogP contribution in [0.25, 0.3) is 0 Å². The molecule has 0 radical (unpaired) electrons. The van der Waals surface area contributed by atoms with E-state index < -0.39 is 10.0 Å². The molecule has 4 rings (SSSR count). The highest BCUT2D eigenvalue weighted by Crippen LogP contribution is 2.34. The summed E-state index contributed by atoms with van der Waals surface area (Å²) < 4.78 is 34.3. The minimum absolute atomic E-state index is 0.191. The average molecular weight is 541 g/mol. The van der Waals surface area contributed by atoms with Gasteiger partial charge in [0.2, 0.25) is 15.9 Å². The number of hydrogen-bond acceptors (Lipinski definition) is 5. The van der Waals surface area contributed by atoms with E-state index in [1.165, 1.54) is 14.7 Å². The van der Waals surface area contributed by atoms with Crippen LogP contribution in [0.5, 0.6) is 5.75 Å². The van der Waals surface area contributed by atoms with Crippen LogP contribution in [0.15, 0.2) is 64.9 Å². The maximum atomic E-state index is 13.7. The molecule has 0 aliphatic carbocycles. The van der Waals surface area contributed by atoms with Gasteiger partial charge in [-0.05, 0) is 72.5 Å². The molecule has 6 nitrogen and oxygen atoms in total. The number of amides is 1. The molecule has 1 aliphatic heterocycles. The largest absolute Gasteiger partial charge is 0.491 e. The van der Waals surface area contributed by atoms with Gasteiger partial charge >= 0.3 is 0 Å². The van der Waals surface area contributed by atoms with Gasteiger partial charge in [0.15, 0.2) is 0 Å². The number of carbonyl (C=O) groups excluding carboxylic acids is 1. The van der Waals surface area contributed by atoms with Crippen LogP contribution >= 0.6 is 11.3 Å². The zero-order valence-corrected chi connectivity index (χ0v) is 23.6. The lowest BCUT2D eigenvalue weighted by Gasteiger charge is -2.37. The fourth-order valence-corrected chi connectivity index (χ4v) is 7.04. The second-order valence-electron chi connectivity index (χ2n) is 9.84. The van der Waals surface area contributed by atoms with E-state index >= 15 is 0 Å². The highest BCUT2D eigenvalue weighted by Gasteiger charge is 2.35. The molecule has 8 heteroatoms. The molecule has 0 saturated carbocycles. The van der Waals surface area contributed by atoms with Crippen LogP contribution in [-0.2, 0) is 21.2 Å². The first-order valence-electron chi connectivity index (χ1n) is 12.9. The quantitative estimate of drug-likeness (QED) is 0.327. The number of carbonyl (C=O) groups is 1. The second-order valence-corrected chi connectivity index (χ2v) is 12.8. The zero-order chi connectivity index (χ0) is 26.6. The molecule has 2 heterocycles. The summed E-state index contributed by atoms with van der Waals surface area (Å²) >= 11 is 1.69. The first kappa shape index (κ1) is 27.4. The maximum Gasteiger partial charge on any atom is 0.243 e. The van der Waals surface area contributed by atoms with Crippen molar-refractivity contribution in [1.29, 1.82) is 0 Å². The lowest BCUT2D eigenvalue weighted by atomic mass is 10.0. The molecule has 37 heavy (non-hydrogen) atoms. The van der Waals surface area contributed by atoms with Gasteiger partial charge in [-0.2, -0.15) is 4.31 Å². The summed E-state index contributed by atoms with van der Waals surface area (Å²) in [4.78, 5) is 16.9. The normalized spacial score (nSPS) is 15.7. The van der Waals surface area contributed by atoms with Crippen LogP contribution in [0, 0.1) is 6.92 Å². The Labute approximate surface area is 224 Å². The second kappa shape index (κ2) is 11.8. The van der Waals surface area contributed by atoms with Crippen LogP contribution in [0.3, 0.4) is 0 Å². The predicted molar refractivity (Wildman–Crippen MR) is 149 cm³/mol. The van der Waals surface area contributed by atoms with Gasteiger partial charge in [-0.15, -0.1) is 11.3 Å². The number of fused-ring (bicyclic) bond motifs is 1. The van der Waals surface area contributed by atoms with Crippen molar-refractivity contribution in [2.75, 3.05) is 26.2 Å². The lowest BCUT2D eigenvalue weighted by Crippen LogP contribution is -2.48. The minimum Gasteiger partial charge on any atom is -0.491 e. The van der Waals surface area contributed by atoms with Gasteiger partial charge in [-0.1, -0.05) is 50.6 Å². The first-order chi connectivity index (χ1) is 17.7. The number of sulfonamides is 1. The van der Waals surface area contributed by atoms with Gasteiger partial charge in [0.05, 0.1) is 17.5 Å². The van der Waals surface area contributed by atoms with Crippen molar-refractivity contribution >= 4 is 27.3 Å². The number of nitrogens with zero attached hydrogens (tertiary/aromatic N) is 2. The van der Waals surface area contributed by atoms with Gasteiger partial charge in [0, 0.05) is 18.0 Å². The molecule has 1 aromatic heterocycles. The average Bonchev–Trinajstić information content (AvgIpc) is 3.36. The SMILES string of the molecule is CCCN(CC(=O)N1CCc2sccc2C1COc1ccc(C(C)C)cc1)S(=O)(=O)c1ccc(C)cc1. The fourth-order valence-electron chi connectivity index (χ4n) is 4.63. The Kier molecular flexibility index (Phi) is 8.72. The molecule has 0 saturated heterocycles. The number of ether oxygens (including phenoxy) is 1. The highest BCUT2D eigenvalue weighted by atomic mass is 32.2. The van der Waals surface area contributed by atoms with Crippen molar-refractivity contribution < 1.29 is 17.9 Å². The van der Waals surface area contributed by atoms with Crippen LogP contribution < -0.4 is 4.74 Å². The van der Waals surface area contributed by atoms with Crippen LogP contribution in [-0.4, -0.2) is 49.8 Å². The Bertz CT molecular complexity index is 1300. The monoisotopic (exact) mass is 540 g/mol. The molecule has 1 aliphatic rings. The van der Waals surface area contributed by atoms with Crippen LogP contribution in [0.2, 0.25) is 0 Å². The topological polar surface area (TPSA) is 66.9 Å². The molecule has 1 amide bonds. The summed E-state index contributed by atoms with van der Waals surface area (Å²) in [5.74, 6) is 0.995.